The zero-order chi connectivity index (χ0) is 20.9. The lowest BCUT2D eigenvalue weighted by atomic mass is 10.1. The molecule has 0 saturated carbocycles. The van der Waals surface area contributed by atoms with Crippen LogP contribution in [0.25, 0.3) is 27.8 Å². The van der Waals surface area contributed by atoms with Crippen LogP contribution in [-0.4, -0.2) is 27.7 Å². The summed E-state index contributed by atoms with van der Waals surface area (Å²) >= 11 is 0. The summed E-state index contributed by atoms with van der Waals surface area (Å²) in [5.41, 5.74) is 4.19. The normalized spacial score (nSPS) is 11.2. The number of fused-ring (bicyclic) bond motifs is 1. The number of anilines is 1. The van der Waals surface area contributed by atoms with E-state index in [-0.39, 0.29) is 0 Å². The lowest BCUT2D eigenvalue weighted by Gasteiger charge is -2.10. The third-order valence-electron chi connectivity index (χ3n) is 5.11. The van der Waals surface area contributed by atoms with E-state index in [1.54, 1.807) is 6.33 Å². The number of ether oxygens (including phenoxy) is 1. The molecule has 5 heteroatoms. The summed E-state index contributed by atoms with van der Waals surface area (Å²) in [6.45, 7) is 7.99. The second-order valence-corrected chi connectivity index (χ2v) is 7.74. The fraction of sp³-hybridized carbons (Fsp3) is 0.280. The van der Waals surface area contributed by atoms with E-state index in [4.69, 9.17) is 4.74 Å². The van der Waals surface area contributed by atoms with E-state index in [0.29, 0.717) is 12.5 Å². The van der Waals surface area contributed by atoms with Gasteiger partial charge in [-0.25, -0.2) is 9.97 Å². The molecule has 0 aliphatic carbocycles. The Morgan fingerprint density at radius 3 is 2.47 bits per heavy atom. The second-order valence-electron chi connectivity index (χ2n) is 7.74. The topological polar surface area (TPSA) is 52.0 Å². The van der Waals surface area contributed by atoms with E-state index < -0.39 is 0 Å². The lowest BCUT2D eigenvalue weighted by molar-refractivity contribution is 0.340. The van der Waals surface area contributed by atoms with Gasteiger partial charge >= 0.3 is 0 Å². The monoisotopic (exact) mass is 400 g/mol. The largest absolute Gasteiger partial charge is 0.494 e. The molecule has 1 N–H and O–H groups in total. The minimum absolute atomic E-state index is 0.636. The summed E-state index contributed by atoms with van der Waals surface area (Å²) in [6, 6.07) is 18.5. The van der Waals surface area contributed by atoms with Crippen LogP contribution in [0.2, 0.25) is 0 Å². The summed E-state index contributed by atoms with van der Waals surface area (Å²) < 4.78 is 7.72. The van der Waals surface area contributed by atoms with Gasteiger partial charge in [0.1, 0.15) is 17.9 Å². The summed E-state index contributed by atoms with van der Waals surface area (Å²) in [5.74, 6) is 2.38. The number of benzene rings is 2. The first kappa shape index (κ1) is 20.0. The highest BCUT2D eigenvalue weighted by Crippen LogP contribution is 2.35. The van der Waals surface area contributed by atoms with Gasteiger partial charge in [-0.3, -0.25) is 0 Å². The van der Waals surface area contributed by atoms with Crippen LogP contribution in [0.4, 0.5) is 5.82 Å². The Labute approximate surface area is 177 Å². The molecule has 0 fully saturated rings. The van der Waals surface area contributed by atoms with Gasteiger partial charge in [0.05, 0.1) is 12.0 Å². The van der Waals surface area contributed by atoms with E-state index in [1.807, 2.05) is 25.1 Å². The Kier molecular flexibility index (Phi) is 5.98. The molecular weight excluding hydrogens is 372 g/mol. The van der Waals surface area contributed by atoms with Crippen LogP contribution in [-0.2, 0) is 0 Å². The molecule has 2 aromatic heterocycles. The Balaban J connectivity index is 1.83. The Bertz CT molecular complexity index is 1100. The van der Waals surface area contributed by atoms with Gasteiger partial charge < -0.3 is 14.6 Å². The van der Waals surface area contributed by atoms with Crippen LogP contribution in [0.1, 0.15) is 27.2 Å². The molecule has 0 unspecified atom stereocenters. The Morgan fingerprint density at radius 2 is 1.77 bits per heavy atom. The maximum atomic E-state index is 5.60. The van der Waals surface area contributed by atoms with Crippen molar-refractivity contribution in [2.24, 2.45) is 5.92 Å². The van der Waals surface area contributed by atoms with Crippen LogP contribution in [0.5, 0.6) is 5.75 Å². The van der Waals surface area contributed by atoms with Crippen LogP contribution < -0.4 is 10.1 Å². The molecule has 30 heavy (non-hydrogen) atoms. The lowest BCUT2D eigenvalue weighted by Crippen LogP contribution is -2.07. The average Bonchev–Trinajstić information content (AvgIpc) is 3.16. The van der Waals surface area contributed by atoms with E-state index in [0.717, 1.165) is 52.4 Å². The molecule has 2 aromatic carbocycles. The van der Waals surface area contributed by atoms with Gasteiger partial charge in [-0.2, -0.15) is 0 Å². The predicted octanol–water partition coefficient (Wildman–Crippen LogP) is 5.94. The van der Waals surface area contributed by atoms with Gasteiger partial charge in [0.25, 0.3) is 0 Å². The minimum Gasteiger partial charge on any atom is -0.494 e. The third-order valence-corrected chi connectivity index (χ3v) is 5.11. The summed E-state index contributed by atoms with van der Waals surface area (Å²) in [6.07, 6.45) is 4.88. The molecule has 0 saturated heterocycles. The molecule has 4 aromatic rings. The zero-order valence-electron chi connectivity index (χ0n) is 17.8. The fourth-order valence-corrected chi connectivity index (χ4v) is 3.58. The first-order valence-electron chi connectivity index (χ1n) is 10.6. The van der Waals surface area contributed by atoms with Crippen LogP contribution in [0, 0.1) is 5.92 Å². The van der Waals surface area contributed by atoms with Crippen molar-refractivity contribution in [3.05, 3.63) is 67.1 Å². The molecule has 2 heterocycles. The summed E-state index contributed by atoms with van der Waals surface area (Å²) in [7, 11) is 0. The Hall–Kier alpha value is -3.34. The van der Waals surface area contributed by atoms with Crippen molar-refractivity contribution in [2.75, 3.05) is 18.5 Å². The number of aromatic nitrogens is 3. The van der Waals surface area contributed by atoms with E-state index in [9.17, 15) is 0 Å². The smallest absolute Gasteiger partial charge is 0.150 e. The molecule has 0 aliphatic heterocycles. The van der Waals surface area contributed by atoms with Crippen molar-refractivity contribution in [3.63, 3.8) is 0 Å². The van der Waals surface area contributed by atoms with Crippen molar-refractivity contribution >= 4 is 16.9 Å². The molecule has 154 valence electrons. The van der Waals surface area contributed by atoms with E-state index >= 15 is 0 Å². The molecule has 0 atom stereocenters. The van der Waals surface area contributed by atoms with Crippen molar-refractivity contribution < 1.29 is 4.74 Å². The van der Waals surface area contributed by atoms with Crippen molar-refractivity contribution in [2.45, 2.75) is 27.2 Å². The Morgan fingerprint density at radius 1 is 1.00 bits per heavy atom. The fourth-order valence-electron chi connectivity index (χ4n) is 3.58. The van der Waals surface area contributed by atoms with Gasteiger partial charge in [-0.05, 0) is 49.1 Å². The van der Waals surface area contributed by atoms with Gasteiger partial charge in [0.15, 0.2) is 5.65 Å². The summed E-state index contributed by atoms with van der Waals surface area (Å²) in [4.78, 5) is 9.23. The van der Waals surface area contributed by atoms with E-state index in [1.165, 1.54) is 0 Å². The third kappa shape index (κ3) is 4.15. The highest BCUT2D eigenvalue weighted by Gasteiger charge is 2.17. The first-order chi connectivity index (χ1) is 14.7. The van der Waals surface area contributed by atoms with Gasteiger partial charge in [0, 0.05) is 24.0 Å². The molecule has 0 amide bonds. The van der Waals surface area contributed by atoms with Crippen molar-refractivity contribution in [1.29, 1.82) is 0 Å². The molecule has 4 rings (SSSR count). The van der Waals surface area contributed by atoms with Crippen LogP contribution in [0.15, 0.2) is 67.1 Å². The zero-order valence-corrected chi connectivity index (χ0v) is 17.8. The minimum atomic E-state index is 0.636. The summed E-state index contributed by atoms with van der Waals surface area (Å²) in [5, 5.41) is 4.58. The quantitative estimate of drug-likeness (QED) is 0.397. The van der Waals surface area contributed by atoms with Crippen molar-refractivity contribution in [3.8, 4) is 22.6 Å². The molecular formula is C25H28N4O. The maximum absolute atomic E-state index is 5.60. The standard InChI is InChI=1S/C25H28N4O/c1-4-30-21-12-10-20(11-13-21)29-16-22(19-8-6-5-7-9-19)23-24(26-15-14-18(2)3)27-17-28-25(23)29/h5-13,16-18H,4,14-15H2,1-3H3,(H,26,27,28). The number of hydrogen-bond acceptors (Lipinski definition) is 4. The second kappa shape index (κ2) is 8.99. The number of hydrogen-bond donors (Lipinski definition) is 1. The molecule has 0 radical (unpaired) electrons. The van der Waals surface area contributed by atoms with E-state index in [2.05, 4.69) is 76.3 Å². The molecule has 0 bridgehead atoms. The average molecular weight is 401 g/mol. The predicted molar refractivity (Wildman–Crippen MR) is 123 cm³/mol. The highest BCUT2D eigenvalue weighted by atomic mass is 16.5. The maximum Gasteiger partial charge on any atom is 0.150 e. The number of nitrogens with one attached hydrogen (secondary N) is 1. The van der Waals surface area contributed by atoms with Gasteiger partial charge in [0.2, 0.25) is 0 Å². The van der Waals surface area contributed by atoms with Crippen molar-refractivity contribution in [1.82, 2.24) is 14.5 Å². The SMILES string of the molecule is CCOc1ccc(-n2cc(-c3ccccc3)c3c(NCCC(C)C)ncnc32)cc1. The van der Waals surface area contributed by atoms with Crippen LogP contribution >= 0.6 is 0 Å². The molecule has 0 aliphatic rings. The first-order valence-corrected chi connectivity index (χ1v) is 10.6. The van der Waals surface area contributed by atoms with Crippen LogP contribution in [0.3, 0.4) is 0 Å². The molecule has 0 spiro atoms. The van der Waals surface area contributed by atoms with Gasteiger partial charge in [-0.1, -0.05) is 44.2 Å². The molecule has 5 nitrogen and oxygen atoms in total. The number of nitrogens with zero attached hydrogens (tertiary/aromatic N) is 3. The van der Waals surface area contributed by atoms with Gasteiger partial charge in [-0.15, -0.1) is 0 Å². The highest BCUT2D eigenvalue weighted by molar-refractivity contribution is 6.02. The number of rotatable bonds is 8.